The maximum Gasteiger partial charge on any atom is 0.410 e. The molecule has 0 bridgehead atoms. The van der Waals surface area contributed by atoms with Gasteiger partial charge in [-0.15, -0.1) is 0 Å². The summed E-state index contributed by atoms with van der Waals surface area (Å²) >= 11 is 0. The fraction of sp³-hybridized carbons (Fsp3) is 0.500. The summed E-state index contributed by atoms with van der Waals surface area (Å²) in [6, 6.07) is 8.54. The van der Waals surface area contributed by atoms with Crippen molar-refractivity contribution in [1.29, 1.82) is 0 Å². The zero-order chi connectivity index (χ0) is 29.6. The lowest BCUT2D eigenvalue weighted by Gasteiger charge is -2.42. The van der Waals surface area contributed by atoms with Crippen molar-refractivity contribution in [3.63, 3.8) is 0 Å². The number of nitrogens with one attached hydrogen (secondary N) is 1. The van der Waals surface area contributed by atoms with Gasteiger partial charge in [0.15, 0.2) is 11.6 Å². The normalized spacial score (nSPS) is 16.6. The van der Waals surface area contributed by atoms with Gasteiger partial charge in [-0.2, -0.15) is 0 Å². The number of carbonyl (C=O) groups is 2. The van der Waals surface area contributed by atoms with Gasteiger partial charge in [-0.3, -0.25) is 9.88 Å². The number of anilines is 1. The van der Waals surface area contributed by atoms with Crippen molar-refractivity contribution < 1.29 is 23.5 Å². The molecule has 2 aliphatic rings. The van der Waals surface area contributed by atoms with Gasteiger partial charge in [0.05, 0.1) is 34.7 Å². The van der Waals surface area contributed by atoms with Crippen LogP contribution in [0.2, 0.25) is 0 Å². The number of hydrogen-bond donors (Lipinski definition) is 1. The molecule has 0 atom stereocenters. The maximum absolute atomic E-state index is 15.1. The largest absolute Gasteiger partial charge is 0.444 e. The molecule has 10 nitrogen and oxygen atoms in total. The number of ether oxygens (including phenoxy) is 2. The second-order valence-corrected chi connectivity index (χ2v) is 12.7. The van der Waals surface area contributed by atoms with Gasteiger partial charge in [0, 0.05) is 31.2 Å². The molecule has 5 rings (SSSR count). The molecule has 4 heterocycles. The van der Waals surface area contributed by atoms with E-state index in [1.165, 1.54) is 6.07 Å². The minimum absolute atomic E-state index is 0.187. The van der Waals surface area contributed by atoms with Gasteiger partial charge in [0.1, 0.15) is 11.2 Å². The fourth-order valence-electron chi connectivity index (χ4n) is 4.90. The molecule has 0 aromatic carbocycles. The monoisotopic (exact) mass is 564 g/mol. The van der Waals surface area contributed by atoms with Crippen molar-refractivity contribution >= 4 is 28.9 Å². The summed E-state index contributed by atoms with van der Waals surface area (Å²) in [6.45, 7) is 12.5. The van der Waals surface area contributed by atoms with Crippen LogP contribution in [0, 0.1) is 5.82 Å². The molecule has 11 heteroatoms. The van der Waals surface area contributed by atoms with Crippen molar-refractivity contribution in [3.05, 3.63) is 48.0 Å². The van der Waals surface area contributed by atoms with Crippen LogP contribution < -0.4 is 10.2 Å². The molecule has 3 aromatic rings. The number of halogens is 1. The molecule has 3 aromatic heterocycles. The number of piperazine rings is 1. The molecular formula is C30H37FN6O4. The van der Waals surface area contributed by atoms with Crippen LogP contribution in [0.25, 0.3) is 22.3 Å². The Morgan fingerprint density at radius 1 is 0.976 bits per heavy atom. The van der Waals surface area contributed by atoms with Gasteiger partial charge in [-0.05, 0) is 84.7 Å². The van der Waals surface area contributed by atoms with Crippen molar-refractivity contribution in [2.24, 2.45) is 0 Å². The lowest BCUT2D eigenvalue weighted by molar-refractivity contribution is 0.0105. The fourth-order valence-corrected chi connectivity index (χ4v) is 4.90. The number of hydrogen-bond acceptors (Lipinski definition) is 8. The summed E-state index contributed by atoms with van der Waals surface area (Å²) in [6.07, 6.45) is 2.53. The first kappa shape index (κ1) is 28.5. The topological polar surface area (TPSA) is 110 Å². The maximum atomic E-state index is 15.1. The smallest absolute Gasteiger partial charge is 0.410 e. The Labute approximate surface area is 239 Å². The van der Waals surface area contributed by atoms with Crippen LogP contribution in [0.5, 0.6) is 0 Å². The SMILES string of the molecule is CC(C)(C)OC(=O)NCc1cc2nc(-c3ccc(F)c(N4CCN(C(=O)OC(C)(C)C)C5(CC5)C4)n3)ccc2cn1. The number of fused-ring (bicyclic) bond motifs is 1. The Hall–Kier alpha value is -4.02. The first-order chi connectivity index (χ1) is 19.2. The number of nitrogens with zero attached hydrogens (tertiary/aromatic N) is 5. The molecule has 1 spiro atoms. The first-order valence-electron chi connectivity index (χ1n) is 13.9. The van der Waals surface area contributed by atoms with E-state index >= 15 is 4.39 Å². The van der Waals surface area contributed by atoms with E-state index in [4.69, 9.17) is 14.5 Å². The molecule has 1 aliphatic carbocycles. The van der Waals surface area contributed by atoms with Gasteiger partial charge < -0.3 is 19.7 Å². The van der Waals surface area contributed by atoms with Gasteiger partial charge in [-0.25, -0.2) is 23.9 Å². The molecule has 1 aliphatic heterocycles. The lowest BCUT2D eigenvalue weighted by Crippen LogP contribution is -2.58. The summed E-state index contributed by atoms with van der Waals surface area (Å²) < 4.78 is 26.0. The number of rotatable bonds is 4. The molecule has 2 amide bonds. The molecule has 1 saturated heterocycles. The highest BCUT2D eigenvalue weighted by atomic mass is 19.1. The van der Waals surface area contributed by atoms with Gasteiger partial charge in [-0.1, -0.05) is 0 Å². The van der Waals surface area contributed by atoms with Crippen LogP contribution in [0.15, 0.2) is 36.5 Å². The number of carbonyl (C=O) groups excluding carboxylic acids is 2. The molecule has 1 N–H and O–H groups in total. The zero-order valence-corrected chi connectivity index (χ0v) is 24.5. The van der Waals surface area contributed by atoms with Crippen molar-refractivity contribution in [3.8, 4) is 11.4 Å². The van der Waals surface area contributed by atoms with E-state index in [2.05, 4.69) is 15.3 Å². The predicted octanol–water partition coefficient (Wildman–Crippen LogP) is 5.45. The Bertz CT molecular complexity index is 1480. The third-order valence-electron chi connectivity index (χ3n) is 6.92. The minimum atomic E-state index is -0.594. The summed E-state index contributed by atoms with van der Waals surface area (Å²) in [5, 5.41) is 3.53. The number of aromatic nitrogens is 3. The van der Waals surface area contributed by atoms with E-state index in [0.29, 0.717) is 42.2 Å². The van der Waals surface area contributed by atoms with Gasteiger partial charge in [0.2, 0.25) is 0 Å². The van der Waals surface area contributed by atoms with E-state index in [-0.39, 0.29) is 24.0 Å². The van der Waals surface area contributed by atoms with E-state index in [1.807, 2.05) is 37.8 Å². The second kappa shape index (κ2) is 10.4. The summed E-state index contributed by atoms with van der Waals surface area (Å²) in [4.78, 5) is 42.4. The summed E-state index contributed by atoms with van der Waals surface area (Å²) in [7, 11) is 0. The molecule has 0 radical (unpaired) electrons. The third-order valence-corrected chi connectivity index (χ3v) is 6.92. The van der Waals surface area contributed by atoms with Crippen LogP contribution in [0.3, 0.4) is 0 Å². The second-order valence-electron chi connectivity index (χ2n) is 12.7. The molecular weight excluding hydrogens is 527 g/mol. The van der Waals surface area contributed by atoms with E-state index in [0.717, 1.165) is 18.2 Å². The Morgan fingerprint density at radius 3 is 2.34 bits per heavy atom. The third kappa shape index (κ3) is 6.66. The van der Waals surface area contributed by atoms with Gasteiger partial charge >= 0.3 is 12.2 Å². The number of amides is 2. The Balaban J connectivity index is 1.33. The van der Waals surface area contributed by atoms with E-state index in [9.17, 15) is 9.59 Å². The average molecular weight is 565 g/mol. The highest BCUT2D eigenvalue weighted by molar-refractivity contribution is 5.81. The highest BCUT2D eigenvalue weighted by Gasteiger charge is 2.54. The summed E-state index contributed by atoms with van der Waals surface area (Å²) in [5.41, 5.74) is 0.890. The van der Waals surface area contributed by atoms with Crippen LogP contribution >= 0.6 is 0 Å². The highest BCUT2D eigenvalue weighted by Crippen LogP contribution is 2.45. The number of alkyl carbamates (subject to hydrolysis) is 1. The predicted molar refractivity (Wildman–Crippen MR) is 153 cm³/mol. The minimum Gasteiger partial charge on any atom is -0.444 e. The molecule has 218 valence electrons. The standard InChI is InChI=1S/C30H37FN6O4/c1-28(2,3)40-26(38)33-17-20-15-24-19(16-32-20)7-9-22(34-24)23-10-8-21(31)25(35-23)36-13-14-37(30(18-36)11-12-30)27(39)41-29(4,5)6/h7-10,15-16H,11-14,17-18H2,1-6H3,(H,33,38). The lowest BCUT2D eigenvalue weighted by atomic mass is 10.1. The van der Waals surface area contributed by atoms with E-state index < -0.39 is 23.1 Å². The zero-order valence-electron chi connectivity index (χ0n) is 24.5. The van der Waals surface area contributed by atoms with Crippen LogP contribution in [-0.4, -0.2) is 68.4 Å². The van der Waals surface area contributed by atoms with Crippen LogP contribution in [0.1, 0.15) is 60.1 Å². The van der Waals surface area contributed by atoms with Crippen LogP contribution in [-0.2, 0) is 16.0 Å². The van der Waals surface area contributed by atoms with Crippen LogP contribution in [0.4, 0.5) is 19.8 Å². The Kier molecular flexibility index (Phi) is 7.25. The average Bonchev–Trinajstić information content (AvgIpc) is 3.64. The number of pyridine rings is 3. The van der Waals surface area contributed by atoms with E-state index in [1.54, 1.807) is 44.0 Å². The molecule has 0 unspecified atom stereocenters. The molecule has 41 heavy (non-hydrogen) atoms. The molecule has 2 fully saturated rings. The Morgan fingerprint density at radius 2 is 1.66 bits per heavy atom. The summed E-state index contributed by atoms with van der Waals surface area (Å²) in [5.74, 6) is -0.174. The molecule has 1 saturated carbocycles. The van der Waals surface area contributed by atoms with Crippen molar-refractivity contribution in [1.82, 2.24) is 25.2 Å². The van der Waals surface area contributed by atoms with Crippen molar-refractivity contribution in [2.75, 3.05) is 24.5 Å². The first-order valence-corrected chi connectivity index (χ1v) is 13.9. The van der Waals surface area contributed by atoms with Crippen molar-refractivity contribution in [2.45, 2.75) is 77.7 Å². The van der Waals surface area contributed by atoms with Gasteiger partial charge in [0.25, 0.3) is 0 Å². The quantitative estimate of drug-likeness (QED) is 0.446.